The van der Waals surface area contributed by atoms with E-state index in [0.29, 0.717) is 6.42 Å². The van der Waals surface area contributed by atoms with Crippen LogP contribution in [0.25, 0.3) is 0 Å². The first kappa shape index (κ1) is 51.0. The lowest BCUT2D eigenvalue weighted by Crippen LogP contribution is -2.55. The SMILES string of the molecule is CC/C=C/C=C/C=C/C=C/C=C/C=C/C=C/CCCCCC(=O)OCC(COCCC(C(=O)[O-])[N+](C)(C)C)OC(=O)CCCCCCC/C=C/C/C=C/CC. The highest BCUT2D eigenvalue weighted by Gasteiger charge is 2.25. The van der Waals surface area contributed by atoms with Crippen LogP contribution in [0.2, 0.25) is 0 Å². The highest BCUT2D eigenvalue weighted by Crippen LogP contribution is 2.12. The number of quaternary nitrogens is 1. The van der Waals surface area contributed by atoms with Crippen LogP contribution in [-0.4, -0.2) is 75.5 Å². The zero-order chi connectivity index (χ0) is 40.7. The van der Waals surface area contributed by atoms with Crippen LogP contribution < -0.4 is 5.11 Å². The number of hydrogen-bond donors (Lipinski definition) is 0. The number of ether oxygens (including phenoxy) is 3. The molecule has 0 bridgehead atoms. The average molecular weight is 764 g/mol. The number of rotatable bonds is 34. The van der Waals surface area contributed by atoms with E-state index in [1.165, 1.54) is 0 Å². The van der Waals surface area contributed by atoms with Gasteiger partial charge < -0.3 is 28.6 Å². The van der Waals surface area contributed by atoms with Gasteiger partial charge in [0, 0.05) is 19.3 Å². The first-order valence-electron chi connectivity index (χ1n) is 20.5. The van der Waals surface area contributed by atoms with E-state index in [1.54, 1.807) is 21.1 Å². The van der Waals surface area contributed by atoms with Crippen LogP contribution in [0.5, 0.6) is 0 Å². The van der Waals surface area contributed by atoms with Crippen molar-refractivity contribution in [3.05, 3.63) is 109 Å². The Morgan fingerprint density at radius 3 is 1.64 bits per heavy atom. The monoisotopic (exact) mass is 764 g/mol. The molecule has 2 atom stereocenters. The lowest BCUT2D eigenvalue weighted by Gasteiger charge is -2.34. The predicted molar refractivity (Wildman–Crippen MR) is 226 cm³/mol. The van der Waals surface area contributed by atoms with Gasteiger partial charge in [-0.1, -0.05) is 149 Å². The number of hydrogen-bond acceptors (Lipinski definition) is 7. The van der Waals surface area contributed by atoms with E-state index in [-0.39, 0.29) is 55.5 Å². The van der Waals surface area contributed by atoms with Crippen molar-refractivity contribution in [1.29, 1.82) is 0 Å². The molecule has 0 saturated heterocycles. The average Bonchev–Trinajstić information content (AvgIpc) is 3.14. The quantitative estimate of drug-likeness (QED) is 0.0212. The number of likely N-dealkylation sites (N-methyl/N-ethyl adjacent to an activating group) is 1. The van der Waals surface area contributed by atoms with Crippen LogP contribution in [-0.2, 0) is 28.6 Å². The van der Waals surface area contributed by atoms with Gasteiger partial charge in [0.05, 0.1) is 40.3 Å². The van der Waals surface area contributed by atoms with E-state index >= 15 is 0 Å². The van der Waals surface area contributed by atoms with Gasteiger partial charge in [0.25, 0.3) is 0 Å². The fraction of sp³-hybridized carbons (Fsp3) is 0.553. The number of carboxylic acid groups (broad SMARTS) is 1. The van der Waals surface area contributed by atoms with Crippen molar-refractivity contribution in [2.45, 2.75) is 129 Å². The van der Waals surface area contributed by atoms with Crippen LogP contribution in [0, 0.1) is 0 Å². The second kappa shape index (κ2) is 36.9. The molecule has 0 aliphatic rings. The Hall–Kier alpha value is -4.01. The van der Waals surface area contributed by atoms with Gasteiger partial charge >= 0.3 is 11.9 Å². The summed E-state index contributed by atoms with van der Waals surface area (Å²) < 4.78 is 17.0. The third-order valence-corrected chi connectivity index (χ3v) is 8.35. The molecule has 0 fully saturated rings. The summed E-state index contributed by atoms with van der Waals surface area (Å²) in [7, 11) is 5.36. The first-order chi connectivity index (χ1) is 26.6. The van der Waals surface area contributed by atoms with Gasteiger partial charge in [-0.2, -0.15) is 0 Å². The molecule has 0 aromatic rings. The molecular formula is C47H73NO7. The van der Waals surface area contributed by atoms with Gasteiger partial charge in [-0.3, -0.25) is 9.59 Å². The molecule has 0 spiro atoms. The second-order valence-corrected chi connectivity index (χ2v) is 14.3. The zero-order valence-corrected chi connectivity index (χ0v) is 34.8. The molecule has 2 unspecified atom stereocenters. The van der Waals surface area contributed by atoms with E-state index in [1.807, 2.05) is 72.9 Å². The van der Waals surface area contributed by atoms with Gasteiger partial charge in [-0.15, -0.1) is 0 Å². The van der Waals surface area contributed by atoms with Crippen LogP contribution >= 0.6 is 0 Å². The minimum atomic E-state index is -1.14. The Morgan fingerprint density at radius 2 is 1.05 bits per heavy atom. The number of aliphatic carboxylic acids is 1. The standard InChI is InChI=1S/C47H73NO7/c1-6-8-10-12-14-16-18-20-21-22-23-24-25-26-28-29-31-33-35-37-45(49)54-42-43(41-53-40-39-44(47(51)52)48(3,4)5)55-46(50)38-36-34-32-30-27-19-17-15-13-11-9-7-2/h8-12,14-18,20-26,28,43-44H,6-7,13,19,27,29-42H2,1-5H3/b10-8+,11-9+,14-12+,17-15+,18-16+,21-20+,23-22+,25-24+,28-26+. The fourth-order valence-corrected chi connectivity index (χ4v) is 5.21. The summed E-state index contributed by atoms with van der Waals surface area (Å²) in [5.41, 5.74) is 0. The Morgan fingerprint density at radius 1 is 0.564 bits per heavy atom. The van der Waals surface area contributed by atoms with Crippen molar-refractivity contribution in [3.63, 3.8) is 0 Å². The van der Waals surface area contributed by atoms with E-state index in [2.05, 4.69) is 50.3 Å². The molecule has 0 amide bonds. The second-order valence-electron chi connectivity index (χ2n) is 14.3. The van der Waals surface area contributed by atoms with Crippen molar-refractivity contribution in [2.75, 3.05) is 41.0 Å². The molecule has 55 heavy (non-hydrogen) atoms. The van der Waals surface area contributed by atoms with Crippen LogP contribution in [0.1, 0.15) is 117 Å². The topological polar surface area (TPSA) is 102 Å². The van der Waals surface area contributed by atoms with Crippen LogP contribution in [0.15, 0.2) is 109 Å². The van der Waals surface area contributed by atoms with Gasteiger partial charge in [-0.25, -0.2) is 0 Å². The molecule has 0 rings (SSSR count). The number of esters is 2. The zero-order valence-electron chi connectivity index (χ0n) is 34.8. The summed E-state index contributed by atoms with van der Waals surface area (Å²) in [6.07, 6.45) is 49.7. The minimum Gasteiger partial charge on any atom is -0.544 e. The lowest BCUT2D eigenvalue weighted by molar-refractivity contribution is -0.889. The summed E-state index contributed by atoms with van der Waals surface area (Å²) in [4.78, 5) is 36.7. The van der Waals surface area contributed by atoms with Gasteiger partial charge in [0.1, 0.15) is 12.6 Å². The number of allylic oxidation sites excluding steroid dienone is 18. The molecule has 0 aliphatic heterocycles. The molecule has 8 nitrogen and oxygen atoms in total. The van der Waals surface area contributed by atoms with E-state index in [0.717, 1.165) is 77.0 Å². The Balaban J connectivity index is 4.53. The third kappa shape index (κ3) is 35.4. The van der Waals surface area contributed by atoms with Crippen molar-refractivity contribution in [2.24, 2.45) is 0 Å². The molecule has 0 aliphatic carbocycles. The lowest BCUT2D eigenvalue weighted by atomic mass is 10.1. The van der Waals surface area contributed by atoms with Gasteiger partial charge in [-0.05, 0) is 57.8 Å². The maximum absolute atomic E-state index is 12.7. The molecular weight excluding hydrogens is 691 g/mol. The summed E-state index contributed by atoms with van der Waals surface area (Å²) in [6, 6.07) is -0.742. The van der Waals surface area contributed by atoms with Crippen LogP contribution in [0.3, 0.4) is 0 Å². The molecule has 8 heteroatoms. The maximum Gasteiger partial charge on any atom is 0.306 e. The molecule has 0 heterocycles. The minimum absolute atomic E-state index is 0.0115. The van der Waals surface area contributed by atoms with Crippen molar-refractivity contribution in [3.8, 4) is 0 Å². The highest BCUT2D eigenvalue weighted by molar-refractivity contribution is 5.70. The number of carbonyl (C=O) groups excluding carboxylic acids is 3. The molecule has 0 aromatic heterocycles. The van der Waals surface area contributed by atoms with Crippen LogP contribution in [0.4, 0.5) is 0 Å². The maximum atomic E-state index is 12.7. The van der Waals surface area contributed by atoms with Crippen molar-refractivity contribution >= 4 is 17.9 Å². The summed E-state index contributed by atoms with van der Waals surface area (Å²) in [5.74, 6) is -1.84. The summed E-state index contributed by atoms with van der Waals surface area (Å²) in [6.45, 7) is 4.30. The fourth-order valence-electron chi connectivity index (χ4n) is 5.21. The van der Waals surface area contributed by atoms with E-state index < -0.39 is 18.1 Å². The number of nitrogens with zero attached hydrogens (tertiary/aromatic N) is 1. The molecule has 0 saturated carbocycles. The molecule has 0 N–H and O–H groups in total. The van der Waals surface area contributed by atoms with Crippen molar-refractivity contribution < 1.29 is 38.2 Å². The van der Waals surface area contributed by atoms with E-state index in [4.69, 9.17) is 14.2 Å². The Bertz CT molecular complexity index is 1260. The number of carboxylic acids is 1. The Kier molecular flexibility index (Phi) is 34.2. The first-order valence-corrected chi connectivity index (χ1v) is 20.5. The highest BCUT2D eigenvalue weighted by atomic mass is 16.6. The predicted octanol–water partition coefficient (Wildman–Crippen LogP) is 9.57. The number of carbonyl (C=O) groups is 3. The Labute approximate surface area is 334 Å². The molecule has 308 valence electrons. The van der Waals surface area contributed by atoms with Crippen molar-refractivity contribution in [1.82, 2.24) is 0 Å². The van der Waals surface area contributed by atoms with Gasteiger partial charge in [0.2, 0.25) is 0 Å². The largest absolute Gasteiger partial charge is 0.544 e. The smallest absolute Gasteiger partial charge is 0.306 e. The normalized spacial score (nSPS) is 14.1. The molecule has 0 aromatic carbocycles. The van der Waals surface area contributed by atoms with Gasteiger partial charge in [0.15, 0.2) is 6.10 Å². The summed E-state index contributed by atoms with van der Waals surface area (Å²) >= 11 is 0. The summed E-state index contributed by atoms with van der Waals surface area (Å²) in [5, 5.41) is 11.6. The number of unbranched alkanes of at least 4 members (excludes halogenated alkanes) is 8. The third-order valence-electron chi connectivity index (χ3n) is 8.35. The molecule has 0 radical (unpaired) electrons. The van der Waals surface area contributed by atoms with E-state index in [9.17, 15) is 19.5 Å².